The average molecular weight is 870 g/mol. The molecule has 0 bridgehead atoms. The van der Waals surface area contributed by atoms with Gasteiger partial charge in [-0.1, -0.05) is 194 Å². The second-order valence-electron chi connectivity index (χ2n) is 17.6. The Balaban J connectivity index is 0.902. The van der Waals surface area contributed by atoms with Gasteiger partial charge in [0.25, 0.3) is 0 Å². The molecule has 0 spiro atoms. The lowest BCUT2D eigenvalue weighted by molar-refractivity contribution is 0.769. The molecule has 0 unspecified atom stereocenters. The summed E-state index contributed by atoms with van der Waals surface area (Å²) in [6, 6.07) is 96.3. The Labute approximate surface area is 395 Å². The number of rotatable bonds is 8. The summed E-state index contributed by atoms with van der Waals surface area (Å²) in [7, 11) is 0. The highest BCUT2D eigenvalue weighted by atomic mass is 32.1. The van der Waals surface area contributed by atoms with Crippen molar-refractivity contribution in [3.63, 3.8) is 0 Å². The van der Waals surface area contributed by atoms with Gasteiger partial charge in [-0.05, 0) is 144 Å². The van der Waals surface area contributed by atoms with Crippen molar-refractivity contribution in [1.29, 1.82) is 0 Å². The first kappa shape index (κ1) is 39.1. The fourth-order valence-electron chi connectivity index (χ4n) is 10.8. The highest BCUT2D eigenvalue weighted by molar-refractivity contribution is 7.25. The molecule has 13 rings (SSSR count). The fraction of sp³-hybridized carbons (Fsp3) is 0.0154. The third kappa shape index (κ3) is 6.52. The Kier molecular flexibility index (Phi) is 9.33. The standard InChI is InChI=1S/C65H43NS/c1-3-18-52(19-4-1)65(53-20-5-2-6-21-53)61-24-11-9-22-57(61)58-38-32-51(42-62(58)65)46-30-35-55(36-31-46)66(56-37-39-64-60(43-56)59-23-10-12-25-63(59)67-64)54-33-28-45(29-34-54)48-16-13-17-49(40-48)50-27-26-44-14-7-8-15-47(44)41-50/h1-43H. The van der Waals surface area contributed by atoms with Crippen molar-refractivity contribution in [2.24, 2.45) is 0 Å². The second kappa shape index (κ2) is 16.0. The van der Waals surface area contributed by atoms with Gasteiger partial charge in [-0.25, -0.2) is 0 Å². The molecule has 1 aliphatic carbocycles. The maximum Gasteiger partial charge on any atom is 0.0713 e. The van der Waals surface area contributed by atoms with Crippen LogP contribution in [0.15, 0.2) is 261 Å². The molecule has 0 aliphatic heterocycles. The van der Waals surface area contributed by atoms with E-state index in [4.69, 9.17) is 0 Å². The SMILES string of the molecule is c1ccc(C2(c3ccccc3)c3ccccc3-c3ccc(-c4ccc(N(c5ccc(-c6cccc(-c7ccc8ccccc8c7)c6)cc5)c5ccc6sc7ccccc7c6c5)cc4)cc32)cc1. The number of hydrogen-bond acceptors (Lipinski definition) is 2. The van der Waals surface area contributed by atoms with Gasteiger partial charge in [0.1, 0.15) is 0 Å². The summed E-state index contributed by atoms with van der Waals surface area (Å²) in [6.07, 6.45) is 0. The van der Waals surface area contributed by atoms with Crippen LogP contribution in [-0.4, -0.2) is 0 Å². The monoisotopic (exact) mass is 869 g/mol. The van der Waals surface area contributed by atoms with E-state index in [2.05, 4.69) is 266 Å². The Morgan fingerprint density at radius 1 is 0.284 bits per heavy atom. The Hall–Kier alpha value is -8.30. The Bertz CT molecular complexity index is 3750. The van der Waals surface area contributed by atoms with Crippen molar-refractivity contribution >= 4 is 59.3 Å². The summed E-state index contributed by atoms with van der Waals surface area (Å²) in [5.41, 5.74) is 17.8. The van der Waals surface area contributed by atoms with Crippen LogP contribution in [0, 0.1) is 0 Å². The zero-order valence-corrected chi connectivity index (χ0v) is 37.5. The van der Waals surface area contributed by atoms with Gasteiger partial charge in [-0.2, -0.15) is 0 Å². The zero-order chi connectivity index (χ0) is 44.3. The quantitative estimate of drug-likeness (QED) is 0.147. The molecule has 0 amide bonds. The van der Waals surface area contributed by atoms with Gasteiger partial charge in [0.05, 0.1) is 5.41 Å². The largest absolute Gasteiger partial charge is 0.310 e. The molecule has 314 valence electrons. The molecule has 67 heavy (non-hydrogen) atoms. The smallest absolute Gasteiger partial charge is 0.0713 e. The number of hydrogen-bond donors (Lipinski definition) is 0. The van der Waals surface area contributed by atoms with Crippen LogP contribution in [0.4, 0.5) is 17.1 Å². The maximum absolute atomic E-state index is 2.45. The predicted octanol–water partition coefficient (Wildman–Crippen LogP) is 18.0. The predicted molar refractivity (Wildman–Crippen MR) is 285 cm³/mol. The van der Waals surface area contributed by atoms with Gasteiger partial charge in [0.15, 0.2) is 0 Å². The molecule has 0 radical (unpaired) electrons. The summed E-state index contributed by atoms with van der Waals surface area (Å²) in [6.45, 7) is 0. The number of anilines is 3. The molecule has 1 aromatic heterocycles. The topological polar surface area (TPSA) is 3.24 Å². The van der Waals surface area contributed by atoms with Crippen molar-refractivity contribution in [3.8, 4) is 44.5 Å². The number of nitrogens with zero attached hydrogens (tertiary/aromatic N) is 1. The summed E-state index contributed by atoms with van der Waals surface area (Å²) in [4.78, 5) is 2.40. The lowest BCUT2D eigenvalue weighted by Gasteiger charge is -2.34. The van der Waals surface area contributed by atoms with Crippen LogP contribution >= 0.6 is 11.3 Å². The fourth-order valence-corrected chi connectivity index (χ4v) is 11.9. The van der Waals surface area contributed by atoms with Crippen LogP contribution in [0.25, 0.3) is 75.5 Å². The lowest BCUT2D eigenvalue weighted by atomic mass is 9.67. The van der Waals surface area contributed by atoms with Crippen molar-refractivity contribution < 1.29 is 0 Å². The van der Waals surface area contributed by atoms with Crippen LogP contribution in [0.1, 0.15) is 22.3 Å². The number of thiophene rings is 1. The second-order valence-corrected chi connectivity index (χ2v) is 18.7. The van der Waals surface area contributed by atoms with Crippen molar-refractivity contribution in [2.75, 3.05) is 4.90 Å². The minimum Gasteiger partial charge on any atom is -0.310 e. The highest BCUT2D eigenvalue weighted by Gasteiger charge is 2.46. The minimum absolute atomic E-state index is 0.449. The molecule has 0 saturated carbocycles. The van der Waals surface area contributed by atoms with Crippen LogP contribution in [0.2, 0.25) is 0 Å². The summed E-state index contributed by atoms with van der Waals surface area (Å²) in [5.74, 6) is 0. The van der Waals surface area contributed by atoms with E-state index < -0.39 is 5.41 Å². The molecule has 1 aliphatic rings. The van der Waals surface area contributed by atoms with E-state index in [9.17, 15) is 0 Å². The molecule has 0 atom stereocenters. The molecule has 1 heterocycles. The Morgan fingerprint density at radius 3 is 1.54 bits per heavy atom. The average Bonchev–Trinajstić information content (AvgIpc) is 3.93. The van der Waals surface area contributed by atoms with Gasteiger partial charge >= 0.3 is 0 Å². The summed E-state index contributed by atoms with van der Waals surface area (Å²) < 4.78 is 2.60. The van der Waals surface area contributed by atoms with E-state index in [1.807, 2.05) is 11.3 Å². The molecule has 2 heteroatoms. The molecule has 0 saturated heterocycles. The van der Waals surface area contributed by atoms with Crippen molar-refractivity contribution in [3.05, 3.63) is 283 Å². The van der Waals surface area contributed by atoms with Crippen LogP contribution in [0.5, 0.6) is 0 Å². The van der Waals surface area contributed by atoms with Crippen LogP contribution in [-0.2, 0) is 5.41 Å². The third-order valence-electron chi connectivity index (χ3n) is 13.9. The first-order valence-electron chi connectivity index (χ1n) is 23.1. The molecular formula is C65H43NS. The Morgan fingerprint density at radius 2 is 0.806 bits per heavy atom. The van der Waals surface area contributed by atoms with Crippen molar-refractivity contribution in [1.82, 2.24) is 0 Å². The van der Waals surface area contributed by atoms with Gasteiger partial charge < -0.3 is 4.90 Å². The van der Waals surface area contributed by atoms with Gasteiger partial charge in [-0.3, -0.25) is 0 Å². The molecular weight excluding hydrogens is 827 g/mol. The maximum atomic E-state index is 2.45. The normalized spacial score (nSPS) is 12.6. The number of benzene rings is 11. The minimum atomic E-state index is -0.449. The molecule has 1 nitrogen and oxygen atoms in total. The van der Waals surface area contributed by atoms with E-state index >= 15 is 0 Å². The van der Waals surface area contributed by atoms with E-state index in [-0.39, 0.29) is 0 Å². The third-order valence-corrected chi connectivity index (χ3v) is 15.1. The first-order chi connectivity index (χ1) is 33.2. The van der Waals surface area contributed by atoms with Gasteiger partial charge in [0, 0.05) is 37.2 Å². The van der Waals surface area contributed by atoms with Crippen LogP contribution in [0.3, 0.4) is 0 Å². The molecule has 0 N–H and O–H groups in total. The number of fused-ring (bicyclic) bond motifs is 7. The van der Waals surface area contributed by atoms with E-state index in [1.165, 1.54) is 97.7 Å². The molecule has 0 fully saturated rings. The van der Waals surface area contributed by atoms with E-state index in [0.717, 1.165) is 17.1 Å². The molecule has 11 aromatic carbocycles. The van der Waals surface area contributed by atoms with Crippen LogP contribution < -0.4 is 4.90 Å². The zero-order valence-electron chi connectivity index (χ0n) is 36.7. The van der Waals surface area contributed by atoms with Gasteiger partial charge in [0.2, 0.25) is 0 Å². The van der Waals surface area contributed by atoms with Crippen molar-refractivity contribution in [2.45, 2.75) is 5.41 Å². The van der Waals surface area contributed by atoms with Gasteiger partial charge in [-0.15, -0.1) is 11.3 Å². The first-order valence-corrected chi connectivity index (χ1v) is 23.9. The van der Waals surface area contributed by atoms with E-state index in [1.54, 1.807) is 0 Å². The lowest BCUT2D eigenvalue weighted by Crippen LogP contribution is -2.28. The van der Waals surface area contributed by atoms with E-state index in [0.29, 0.717) is 0 Å². The molecule has 12 aromatic rings. The highest BCUT2D eigenvalue weighted by Crippen LogP contribution is 2.57. The summed E-state index contributed by atoms with van der Waals surface area (Å²) in [5, 5.41) is 5.08. The summed E-state index contributed by atoms with van der Waals surface area (Å²) >= 11 is 1.86.